The second-order valence-corrected chi connectivity index (χ2v) is 5.58. The topological polar surface area (TPSA) is 47.6 Å². The van der Waals surface area contributed by atoms with Gasteiger partial charge in [-0.05, 0) is 49.2 Å². The van der Waals surface area contributed by atoms with Crippen LogP contribution in [-0.2, 0) is 4.79 Å². The molecule has 0 aliphatic carbocycles. The quantitative estimate of drug-likeness (QED) is 0.849. The van der Waals surface area contributed by atoms with Crippen LogP contribution in [0.3, 0.4) is 0 Å². The van der Waals surface area contributed by atoms with E-state index in [1.807, 2.05) is 38.1 Å². The lowest BCUT2D eigenvalue weighted by Gasteiger charge is -2.18. The minimum Gasteiger partial charge on any atom is -0.495 e. The van der Waals surface area contributed by atoms with E-state index in [1.165, 1.54) is 0 Å². The van der Waals surface area contributed by atoms with Crippen LogP contribution < -0.4 is 14.8 Å². The minimum atomic E-state index is -0.572. The lowest BCUT2D eigenvalue weighted by atomic mass is 10.2. The van der Waals surface area contributed by atoms with Crippen LogP contribution in [0.2, 0.25) is 5.02 Å². The highest BCUT2D eigenvalue weighted by atomic mass is 35.5. The van der Waals surface area contributed by atoms with Crippen molar-refractivity contribution in [3.63, 3.8) is 0 Å². The van der Waals surface area contributed by atoms with Crippen molar-refractivity contribution in [1.29, 1.82) is 0 Å². The van der Waals surface area contributed by atoms with E-state index in [1.54, 1.807) is 25.3 Å². The van der Waals surface area contributed by atoms with E-state index in [-0.39, 0.29) is 5.91 Å². The van der Waals surface area contributed by atoms with Gasteiger partial charge in [0.05, 0.1) is 12.1 Å². The average molecular weight is 334 g/mol. The van der Waals surface area contributed by atoms with E-state index in [4.69, 9.17) is 21.1 Å². The molecule has 0 aliphatic rings. The molecular weight excluding hydrogens is 314 g/mol. The van der Waals surface area contributed by atoms with Gasteiger partial charge < -0.3 is 14.8 Å². The van der Waals surface area contributed by atoms with E-state index < -0.39 is 6.10 Å². The Morgan fingerprint density at radius 3 is 2.65 bits per heavy atom. The summed E-state index contributed by atoms with van der Waals surface area (Å²) >= 11 is 6.07. The number of aryl methyl sites for hydroxylation is 1. The Morgan fingerprint density at radius 2 is 2.04 bits per heavy atom. The van der Waals surface area contributed by atoms with E-state index in [2.05, 4.69) is 5.32 Å². The molecule has 1 N–H and O–H groups in total. The zero-order chi connectivity index (χ0) is 16.8. The van der Waals surface area contributed by atoms with Gasteiger partial charge in [0.15, 0.2) is 6.10 Å². The molecule has 4 nitrogen and oxygen atoms in total. The van der Waals surface area contributed by atoms with E-state index >= 15 is 0 Å². The van der Waals surface area contributed by atoms with Crippen molar-refractivity contribution < 1.29 is 14.3 Å². The fourth-order valence-corrected chi connectivity index (χ4v) is 2.40. The second kappa shape index (κ2) is 7.88. The summed E-state index contributed by atoms with van der Waals surface area (Å²) in [6.07, 6.45) is -0.0124. The van der Waals surface area contributed by atoms with Crippen LogP contribution in [0.15, 0.2) is 42.5 Å². The second-order valence-electron chi connectivity index (χ2n) is 5.17. The summed E-state index contributed by atoms with van der Waals surface area (Å²) in [7, 11) is 1.54. The van der Waals surface area contributed by atoms with Crippen molar-refractivity contribution in [3.8, 4) is 11.5 Å². The van der Waals surface area contributed by atoms with Crippen molar-refractivity contribution in [3.05, 3.63) is 53.1 Å². The average Bonchev–Trinajstić information content (AvgIpc) is 2.52. The normalized spacial score (nSPS) is 11.7. The number of carbonyl (C=O) groups excluding carboxylic acids is 1. The first-order valence-electron chi connectivity index (χ1n) is 7.41. The zero-order valence-electron chi connectivity index (χ0n) is 13.4. The highest BCUT2D eigenvalue weighted by molar-refractivity contribution is 6.32. The summed E-state index contributed by atoms with van der Waals surface area (Å²) in [6, 6.07) is 12.7. The molecule has 122 valence electrons. The Kier molecular flexibility index (Phi) is 5.88. The van der Waals surface area contributed by atoms with Gasteiger partial charge in [-0.1, -0.05) is 30.7 Å². The number of amides is 1. The number of rotatable bonds is 6. The van der Waals surface area contributed by atoms with Gasteiger partial charge in [0.25, 0.3) is 5.91 Å². The number of benzene rings is 2. The highest BCUT2D eigenvalue weighted by Gasteiger charge is 2.19. The molecule has 0 saturated carbocycles. The van der Waals surface area contributed by atoms with Crippen LogP contribution in [-0.4, -0.2) is 19.1 Å². The predicted molar refractivity (Wildman–Crippen MR) is 92.5 cm³/mol. The van der Waals surface area contributed by atoms with Crippen LogP contribution in [0.4, 0.5) is 5.69 Å². The molecular formula is C18H20ClNO3. The summed E-state index contributed by atoms with van der Waals surface area (Å²) in [4.78, 5) is 12.4. The molecule has 0 aromatic heterocycles. The molecule has 23 heavy (non-hydrogen) atoms. The van der Waals surface area contributed by atoms with Crippen LogP contribution >= 0.6 is 11.6 Å². The fourth-order valence-electron chi connectivity index (χ4n) is 2.14. The SMILES string of the molecule is CC[C@@H](Oc1cccc(C)c1)C(=O)Nc1ccc(OC)c(Cl)c1. The van der Waals surface area contributed by atoms with Gasteiger partial charge in [0.1, 0.15) is 11.5 Å². The van der Waals surface area contributed by atoms with Crippen molar-refractivity contribution in [2.45, 2.75) is 26.4 Å². The third-order valence-corrected chi connectivity index (χ3v) is 3.65. The van der Waals surface area contributed by atoms with E-state index in [9.17, 15) is 4.79 Å². The molecule has 2 aromatic rings. The van der Waals surface area contributed by atoms with E-state index in [0.717, 1.165) is 5.56 Å². The molecule has 2 aromatic carbocycles. The number of hydrogen-bond acceptors (Lipinski definition) is 3. The number of hydrogen-bond donors (Lipinski definition) is 1. The lowest BCUT2D eigenvalue weighted by Crippen LogP contribution is -2.32. The Hall–Kier alpha value is -2.20. The molecule has 0 radical (unpaired) electrons. The van der Waals surface area contributed by atoms with Gasteiger partial charge in [-0.15, -0.1) is 0 Å². The standard InChI is InChI=1S/C18H20ClNO3/c1-4-16(23-14-7-5-6-12(2)10-14)18(21)20-13-8-9-17(22-3)15(19)11-13/h5-11,16H,4H2,1-3H3,(H,20,21)/t16-/m1/s1. The smallest absolute Gasteiger partial charge is 0.265 e. The molecule has 0 unspecified atom stereocenters. The molecule has 1 amide bonds. The fraction of sp³-hybridized carbons (Fsp3) is 0.278. The number of methoxy groups -OCH3 is 1. The lowest BCUT2D eigenvalue weighted by molar-refractivity contribution is -0.122. The molecule has 0 spiro atoms. The Morgan fingerprint density at radius 1 is 1.26 bits per heavy atom. The van der Waals surface area contributed by atoms with Crippen LogP contribution in [0.1, 0.15) is 18.9 Å². The van der Waals surface area contributed by atoms with Crippen LogP contribution in [0.5, 0.6) is 11.5 Å². The van der Waals surface area contributed by atoms with Crippen LogP contribution in [0, 0.1) is 6.92 Å². The summed E-state index contributed by atoms with van der Waals surface area (Å²) < 4.78 is 10.9. The number of anilines is 1. The Labute approximate surface area is 141 Å². The molecule has 0 fully saturated rings. The molecule has 0 bridgehead atoms. The number of halogens is 1. The molecule has 0 saturated heterocycles. The van der Waals surface area contributed by atoms with Gasteiger partial charge in [0.2, 0.25) is 0 Å². The molecule has 0 heterocycles. The summed E-state index contributed by atoms with van der Waals surface area (Å²) in [5.41, 5.74) is 1.69. The predicted octanol–water partition coefficient (Wildman–Crippen LogP) is 4.45. The highest BCUT2D eigenvalue weighted by Crippen LogP contribution is 2.27. The van der Waals surface area contributed by atoms with Crippen molar-refractivity contribution in [2.75, 3.05) is 12.4 Å². The van der Waals surface area contributed by atoms with Crippen LogP contribution in [0.25, 0.3) is 0 Å². The summed E-state index contributed by atoms with van der Waals surface area (Å²) in [5, 5.41) is 3.26. The van der Waals surface area contributed by atoms with Gasteiger partial charge in [-0.2, -0.15) is 0 Å². The molecule has 0 aliphatic heterocycles. The number of nitrogens with one attached hydrogen (secondary N) is 1. The third kappa shape index (κ3) is 4.63. The maximum atomic E-state index is 12.4. The maximum Gasteiger partial charge on any atom is 0.265 e. The molecule has 1 atom stereocenters. The van der Waals surface area contributed by atoms with Gasteiger partial charge in [0, 0.05) is 5.69 Å². The maximum absolute atomic E-state index is 12.4. The molecule has 2 rings (SSSR count). The Bertz CT molecular complexity index is 688. The first-order valence-corrected chi connectivity index (χ1v) is 7.79. The first kappa shape index (κ1) is 17.2. The third-order valence-electron chi connectivity index (χ3n) is 3.35. The summed E-state index contributed by atoms with van der Waals surface area (Å²) in [6.45, 7) is 3.88. The number of carbonyl (C=O) groups is 1. The zero-order valence-corrected chi connectivity index (χ0v) is 14.2. The van der Waals surface area contributed by atoms with Crippen molar-refractivity contribution in [1.82, 2.24) is 0 Å². The summed E-state index contributed by atoms with van der Waals surface area (Å²) in [5.74, 6) is 1.03. The minimum absolute atomic E-state index is 0.213. The van der Waals surface area contributed by atoms with Gasteiger partial charge in [-0.3, -0.25) is 4.79 Å². The molecule has 5 heteroatoms. The monoisotopic (exact) mass is 333 g/mol. The van der Waals surface area contributed by atoms with E-state index in [0.29, 0.717) is 28.6 Å². The van der Waals surface area contributed by atoms with Crippen molar-refractivity contribution >= 4 is 23.2 Å². The van der Waals surface area contributed by atoms with Crippen molar-refractivity contribution in [2.24, 2.45) is 0 Å². The first-order chi connectivity index (χ1) is 11.0. The van der Waals surface area contributed by atoms with Gasteiger partial charge >= 0.3 is 0 Å². The largest absolute Gasteiger partial charge is 0.495 e. The van der Waals surface area contributed by atoms with Gasteiger partial charge in [-0.25, -0.2) is 0 Å². The Balaban J connectivity index is 2.06. The number of ether oxygens (including phenoxy) is 2.